The molecular formula is C23H18BrN3. The van der Waals surface area contributed by atoms with E-state index in [-0.39, 0.29) is 0 Å². The van der Waals surface area contributed by atoms with Crippen molar-refractivity contribution < 1.29 is 0 Å². The van der Waals surface area contributed by atoms with Crippen molar-refractivity contribution in [2.75, 3.05) is 5.43 Å². The number of benzene rings is 3. The number of aromatic nitrogens is 1. The zero-order valence-electron chi connectivity index (χ0n) is 14.6. The van der Waals surface area contributed by atoms with E-state index in [1.165, 1.54) is 5.56 Å². The number of nitrogens with one attached hydrogen (secondary N) is 1. The van der Waals surface area contributed by atoms with Crippen LogP contribution in [0.3, 0.4) is 0 Å². The highest BCUT2D eigenvalue weighted by Crippen LogP contribution is 2.17. The van der Waals surface area contributed by atoms with Gasteiger partial charge in [-0.1, -0.05) is 70.5 Å². The number of rotatable bonds is 5. The van der Waals surface area contributed by atoms with Gasteiger partial charge in [0.1, 0.15) is 0 Å². The molecule has 3 nitrogen and oxygen atoms in total. The molecule has 1 heterocycles. The summed E-state index contributed by atoms with van der Waals surface area (Å²) in [5.41, 5.74) is 7.07. The Morgan fingerprint density at radius 3 is 2.33 bits per heavy atom. The van der Waals surface area contributed by atoms with Gasteiger partial charge in [0.25, 0.3) is 0 Å². The molecule has 0 radical (unpaired) electrons. The van der Waals surface area contributed by atoms with Crippen molar-refractivity contribution in [1.82, 2.24) is 4.98 Å². The molecule has 0 aliphatic carbocycles. The number of hydrazone groups is 1. The van der Waals surface area contributed by atoms with Gasteiger partial charge in [0, 0.05) is 22.5 Å². The third-order valence-electron chi connectivity index (χ3n) is 4.31. The molecule has 0 fully saturated rings. The minimum Gasteiger partial charge on any atom is -0.278 e. The van der Waals surface area contributed by atoms with Crippen molar-refractivity contribution in [3.8, 4) is 0 Å². The predicted octanol–water partition coefficient (Wildman–Crippen LogP) is 6.06. The van der Waals surface area contributed by atoms with Crippen LogP contribution in [0.4, 0.5) is 5.69 Å². The summed E-state index contributed by atoms with van der Waals surface area (Å²) in [5.74, 6) is 0. The molecule has 0 aliphatic rings. The topological polar surface area (TPSA) is 37.3 Å². The van der Waals surface area contributed by atoms with Gasteiger partial charge >= 0.3 is 0 Å². The van der Waals surface area contributed by atoms with Crippen LogP contribution in [0.2, 0.25) is 0 Å². The number of hydrogen-bond acceptors (Lipinski definition) is 3. The molecule has 0 aliphatic heterocycles. The van der Waals surface area contributed by atoms with Crippen molar-refractivity contribution in [2.45, 2.75) is 6.42 Å². The molecule has 0 saturated carbocycles. The quantitative estimate of drug-likeness (QED) is 0.317. The molecule has 4 rings (SSSR count). The van der Waals surface area contributed by atoms with Gasteiger partial charge in [-0.25, -0.2) is 0 Å². The van der Waals surface area contributed by atoms with Crippen LogP contribution in [-0.4, -0.2) is 10.7 Å². The molecule has 0 unspecified atom stereocenters. The number of anilines is 1. The monoisotopic (exact) mass is 415 g/mol. The van der Waals surface area contributed by atoms with E-state index in [1.54, 1.807) is 0 Å². The summed E-state index contributed by atoms with van der Waals surface area (Å²) in [6.07, 6.45) is 2.61. The number of nitrogens with zero attached hydrogens (tertiary/aromatic N) is 2. The first-order valence-electron chi connectivity index (χ1n) is 8.75. The van der Waals surface area contributed by atoms with Gasteiger partial charge < -0.3 is 0 Å². The Morgan fingerprint density at radius 1 is 0.852 bits per heavy atom. The van der Waals surface area contributed by atoms with Crippen LogP contribution in [0.25, 0.3) is 10.8 Å². The molecule has 4 heteroatoms. The Hall–Kier alpha value is -2.98. The molecule has 3 aromatic carbocycles. The first-order valence-corrected chi connectivity index (χ1v) is 9.54. The molecule has 0 spiro atoms. The standard InChI is InChI=1S/C23H18BrN3/c24-20-10-12-21(13-11-20)26-27-23(14-17-6-2-1-3-7-17)22-15-18-8-4-5-9-19(18)16-25-22/h1-13,15-16,26H,14H2/b27-23+. The fourth-order valence-corrected chi connectivity index (χ4v) is 3.14. The summed E-state index contributed by atoms with van der Waals surface area (Å²) in [6, 6.07) is 28.6. The van der Waals surface area contributed by atoms with Gasteiger partial charge in [-0.05, 0) is 41.3 Å². The van der Waals surface area contributed by atoms with Crippen LogP contribution < -0.4 is 5.43 Å². The summed E-state index contributed by atoms with van der Waals surface area (Å²) < 4.78 is 1.04. The number of fused-ring (bicyclic) bond motifs is 1. The molecule has 1 N–H and O–H groups in total. The lowest BCUT2D eigenvalue weighted by molar-refractivity contribution is 1.20. The summed E-state index contributed by atoms with van der Waals surface area (Å²) in [4.78, 5) is 4.65. The maximum atomic E-state index is 4.68. The molecule has 0 amide bonds. The van der Waals surface area contributed by atoms with Gasteiger partial charge in [0.05, 0.1) is 17.1 Å². The van der Waals surface area contributed by atoms with Crippen LogP contribution >= 0.6 is 15.9 Å². The van der Waals surface area contributed by atoms with E-state index < -0.39 is 0 Å². The van der Waals surface area contributed by atoms with E-state index in [0.717, 1.165) is 32.3 Å². The van der Waals surface area contributed by atoms with Gasteiger partial charge in [0.15, 0.2) is 0 Å². The average molecular weight is 416 g/mol. The molecule has 0 bridgehead atoms. The molecule has 1 aromatic heterocycles. The highest BCUT2D eigenvalue weighted by atomic mass is 79.9. The van der Waals surface area contributed by atoms with E-state index in [0.29, 0.717) is 6.42 Å². The first kappa shape index (κ1) is 17.4. The minimum absolute atomic E-state index is 0.704. The lowest BCUT2D eigenvalue weighted by atomic mass is 10.0. The van der Waals surface area contributed by atoms with E-state index in [1.807, 2.05) is 60.8 Å². The normalized spacial score (nSPS) is 11.5. The molecule has 27 heavy (non-hydrogen) atoms. The summed E-state index contributed by atoms with van der Waals surface area (Å²) in [6.45, 7) is 0. The number of pyridine rings is 1. The smallest absolute Gasteiger partial charge is 0.0907 e. The second-order valence-electron chi connectivity index (χ2n) is 6.26. The Morgan fingerprint density at radius 2 is 1.56 bits per heavy atom. The summed E-state index contributed by atoms with van der Waals surface area (Å²) >= 11 is 3.46. The van der Waals surface area contributed by atoms with Crippen LogP contribution in [0.5, 0.6) is 0 Å². The lowest BCUT2D eigenvalue weighted by Gasteiger charge is -2.09. The van der Waals surface area contributed by atoms with E-state index >= 15 is 0 Å². The van der Waals surface area contributed by atoms with Crippen molar-refractivity contribution in [1.29, 1.82) is 0 Å². The second-order valence-corrected chi connectivity index (χ2v) is 7.17. The van der Waals surface area contributed by atoms with Crippen LogP contribution in [-0.2, 0) is 6.42 Å². The van der Waals surface area contributed by atoms with Crippen molar-refractivity contribution >= 4 is 38.1 Å². The molecular weight excluding hydrogens is 398 g/mol. The lowest BCUT2D eigenvalue weighted by Crippen LogP contribution is -2.10. The fourth-order valence-electron chi connectivity index (χ4n) is 2.87. The largest absolute Gasteiger partial charge is 0.278 e. The van der Waals surface area contributed by atoms with Gasteiger partial charge in [-0.15, -0.1) is 0 Å². The maximum Gasteiger partial charge on any atom is 0.0907 e. The van der Waals surface area contributed by atoms with Gasteiger partial charge in [-0.2, -0.15) is 5.10 Å². The number of hydrogen-bond donors (Lipinski definition) is 1. The highest BCUT2D eigenvalue weighted by molar-refractivity contribution is 9.10. The predicted molar refractivity (Wildman–Crippen MR) is 116 cm³/mol. The number of halogens is 1. The van der Waals surface area contributed by atoms with Crippen molar-refractivity contribution in [3.63, 3.8) is 0 Å². The van der Waals surface area contributed by atoms with Crippen molar-refractivity contribution in [2.24, 2.45) is 5.10 Å². The molecule has 132 valence electrons. The fraction of sp³-hybridized carbons (Fsp3) is 0.0435. The third kappa shape index (κ3) is 4.41. The van der Waals surface area contributed by atoms with E-state index in [4.69, 9.17) is 0 Å². The van der Waals surface area contributed by atoms with Crippen LogP contribution in [0, 0.1) is 0 Å². The minimum atomic E-state index is 0.704. The first-order chi connectivity index (χ1) is 13.3. The average Bonchev–Trinajstić information content (AvgIpc) is 2.73. The Kier molecular flexibility index (Phi) is 5.26. The van der Waals surface area contributed by atoms with Crippen molar-refractivity contribution in [3.05, 3.63) is 107 Å². The zero-order valence-corrected chi connectivity index (χ0v) is 16.2. The Balaban J connectivity index is 1.69. The summed E-state index contributed by atoms with van der Waals surface area (Å²) in [5, 5.41) is 6.97. The zero-order chi connectivity index (χ0) is 18.5. The third-order valence-corrected chi connectivity index (χ3v) is 4.83. The Bertz CT molecular complexity index is 1070. The van der Waals surface area contributed by atoms with Gasteiger partial charge in [-0.3, -0.25) is 10.4 Å². The maximum absolute atomic E-state index is 4.68. The summed E-state index contributed by atoms with van der Waals surface area (Å²) in [7, 11) is 0. The van der Waals surface area contributed by atoms with Crippen LogP contribution in [0.1, 0.15) is 11.3 Å². The van der Waals surface area contributed by atoms with Crippen LogP contribution in [0.15, 0.2) is 101 Å². The van der Waals surface area contributed by atoms with E-state index in [9.17, 15) is 0 Å². The second kappa shape index (κ2) is 8.14. The Labute approximate surface area is 166 Å². The molecule has 0 atom stereocenters. The highest BCUT2D eigenvalue weighted by Gasteiger charge is 2.08. The SMILES string of the molecule is Brc1ccc(N/N=C(\Cc2ccccc2)c2cc3ccccc3cn2)cc1. The van der Waals surface area contributed by atoms with Gasteiger partial charge in [0.2, 0.25) is 0 Å². The molecule has 0 saturated heterocycles. The van der Waals surface area contributed by atoms with E-state index in [2.05, 4.69) is 61.8 Å². The molecule has 4 aromatic rings.